The zero-order chi connectivity index (χ0) is 19.6. The maximum absolute atomic E-state index is 11.8. The minimum absolute atomic E-state index is 0.00580. The van der Waals surface area contributed by atoms with Crippen molar-refractivity contribution in [1.82, 2.24) is 20.5 Å². The average Bonchev–Trinajstić information content (AvgIpc) is 3.35. The van der Waals surface area contributed by atoms with Crippen LogP contribution in [0.25, 0.3) is 0 Å². The highest BCUT2D eigenvalue weighted by Crippen LogP contribution is 2.20. The number of hydrogen-bond donors (Lipinski definition) is 2. The second-order valence-electron chi connectivity index (χ2n) is 5.88. The molecule has 0 fully saturated rings. The smallest absolute Gasteiger partial charge is 0.287 e. The van der Waals surface area contributed by atoms with Crippen LogP contribution in [-0.2, 0) is 11.3 Å². The fraction of sp³-hybridized carbons (Fsp3) is 0.500. The van der Waals surface area contributed by atoms with Crippen molar-refractivity contribution in [2.45, 2.75) is 26.5 Å². The van der Waals surface area contributed by atoms with Gasteiger partial charge in [0.25, 0.3) is 5.91 Å². The zero-order valence-electron chi connectivity index (χ0n) is 16.2. The Bertz CT molecular complexity index is 729. The number of rotatable bonds is 9. The molecule has 0 bridgehead atoms. The van der Waals surface area contributed by atoms with Crippen LogP contribution in [0.1, 0.15) is 41.2 Å². The van der Waals surface area contributed by atoms with Gasteiger partial charge in [0.05, 0.1) is 25.0 Å². The van der Waals surface area contributed by atoms with Crippen molar-refractivity contribution in [2.24, 2.45) is 4.99 Å². The Morgan fingerprint density at radius 2 is 2.30 bits per heavy atom. The van der Waals surface area contributed by atoms with E-state index in [-0.39, 0.29) is 12.0 Å². The van der Waals surface area contributed by atoms with Crippen LogP contribution in [-0.4, -0.2) is 55.5 Å². The van der Waals surface area contributed by atoms with E-state index in [1.54, 1.807) is 30.6 Å². The molecule has 1 amide bonds. The first-order chi connectivity index (χ1) is 13.0. The highest BCUT2D eigenvalue weighted by molar-refractivity contribution is 7.09. The number of thiazole rings is 1. The van der Waals surface area contributed by atoms with E-state index in [9.17, 15) is 4.79 Å². The molecular formula is C18H27N5O3S. The summed E-state index contributed by atoms with van der Waals surface area (Å²) in [5, 5.41) is 9.04. The van der Waals surface area contributed by atoms with Gasteiger partial charge in [0.15, 0.2) is 11.7 Å². The first kappa shape index (κ1) is 20.9. The third-order valence-corrected chi connectivity index (χ3v) is 4.82. The summed E-state index contributed by atoms with van der Waals surface area (Å²) < 4.78 is 10.4. The number of furan rings is 1. The highest BCUT2D eigenvalue weighted by atomic mass is 32.1. The maximum Gasteiger partial charge on any atom is 0.287 e. The van der Waals surface area contributed by atoms with Gasteiger partial charge in [-0.15, -0.1) is 11.3 Å². The van der Waals surface area contributed by atoms with Crippen LogP contribution in [0.5, 0.6) is 0 Å². The second kappa shape index (κ2) is 10.7. The van der Waals surface area contributed by atoms with E-state index in [0.717, 1.165) is 23.2 Å². The topological polar surface area (TPSA) is 92.0 Å². The summed E-state index contributed by atoms with van der Waals surface area (Å²) in [6, 6.07) is 3.31. The van der Waals surface area contributed by atoms with Crippen LogP contribution in [0.3, 0.4) is 0 Å². The first-order valence-electron chi connectivity index (χ1n) is 8.83. The minimum Gasteiger partial charge on any atom is -0.459 e. The Morgan fingerprint density at radius 3 is 2.96 bits per heavy atom. The molecule has 0 saturated heterocycles. The fourth-order valence-corrected chi connectivity index (χ4v) is 3.14. The monoisotopic (exact) mass is 393 g/mol. The van der Waals surface area contributed by atoms with E-state index in [0.29, 0.717) is 25.4 Å². The molecule has 1 atom stereocenters. The molecular weight excluding hydrogens is 366 g/mol. The molecule has 2 aromatic heterocycles. The van der Waals surface area contributed by atoms with Crippen LogP contribution in [0.2, 0.25) is 0 Å². The standard InChI is InChI=1S/C18H27N5O3S/c1-5-19-18(21-9-8-20-16(24)15-7-6-10-26-15)23(3)11-14-12-27-17(22-14)13(2)25-4/h6-7,10,12-13H,5,8-9,11H2,1-4H3,(H,19,21)(H,20,24). The molecule has 2 rings (SSSR count). The summed E-state index contributed by atoms with van der Waals surface area (Å²) in [5.74, 6) is 0.822. The minimum atomic E-state index is -0.240. The van der Waals surface area contributed by atoms with Gasteiger partial charge in [0.2, 0.25) is 0 Å². The SMILES string of the molecule is CCNC(=NCCNC(=O)c1ccco1)N(C)Cc1csc(C(C)OC)n1. The van der Waals surface area contributed by atoms with Crippen molar-refractivity contribution < 1.29 is 13.9 Å². The van der Waals surface area contributed by atoms with E-state index < -0.39 is 0 Å². The van der Waals surface area contributed by atoms with Gasteiger partial charge in [-0.1, -0.05) is 0 Å². The Hall–Kier alpha value is -2.39. The van der Waals surface area contributed by atoms with Crippen LogP contribution in [0, 0.1) is 0 Å². The van der Waals surface area contributed by atoms with Crippen LogP contribution in [0.4, 0.5) is 0 Å². The fourth-order valence-electron chi connectivity index (χ4n) is 2.30. The summed E-state index contributed by atoms with van der Waals surface area (Å²) >= 11 is 1.59. The number of carbonyl (C=O) groups excluding carboxylic acids is 1. The number of carbonyl (C=O) groups is 1. The lowest BCUT2D eigenvalue weighted by molar-refractivity contribution is 0.0927. The lowest BCUT2D eigenvalue weighted by atomic mass is 10.4. The lowest BCUT2D eigenvalue weighted by Gasteiger charge is -2.21. The zero-order valence-corrected chi connectivity index (χ0v) is 17.0. The summed E-state index contributed by atoms with van der Waals surface area (Å²) in [7, 11) is 3.64. The average molecular weight is 394 g/mol. The van der Waals surface area contributed by atoms with Crippen LogP contribution in [0.15, 0.2) is 33.2 Å². The second-order valence-corrected chi connectivity index (χ2v) is 6.77. The van der Waals surface area contributed by atoms with E-state index in [4.69, 9.17) is 9.15 Å². The number of nitrogens with zero attached hydrogens (tertiary/aromatic N) is 3. The number of hydrogen-bond acceptors (Lipinski definition) is 6. The number of aromatic nitrogens is 1. The van der Waals surface area contributed by atoms with E-state index >= 15 is 0 Å². The van der Waals surface area contributed by atoms with Gasteiger partial charge in [-0.2, -0.15) is 0 Å². The first-order valence-corrected chi connectivity index (χ1v) is 9.71. The number of methoxy groups -OCH3 is 1. The summed E-state index contributed by atoms with van der Waals surface area (Å²) in [4.78, 5) is 23.0. The molecule has 2 heterocycles. The van der Waals surface area contributed by atoms with Crippen LogP contribution >= 0.6 is 11.3 Å². The van der Waals surface area contributed by atoms with Crippen molar-refractivity contribution in [2.75, 3.05) is 33.8 Å². The maximum atomic E-state index is 11.8. The molecule has 148 valence electrons. The molecule has 0 aliphatic carbocycles. The molecule has 2 aromatic rings. The van der Waals surface area contributed by atoms with Gasteiger partial charge in [-0.25, -0.2) is 4.98 Å². The van der Waals surface area contributed by atoms with Crippen molar-refractivity contribution in [3.8, 4) is 0 Å². The lowest BCUT2D eigenvalue weighted by Crippen LogP contribution is -2.39. The molecule has 0 radical (unpaired) electrons. The number of aliphatic imine (C=N–C) groups is 1. The molecule has 9 heteroatoms. The van der Waals surface area contributed by atoms with Crippen LogP contribution < -0.4 is 10.6 Å². The summed E-state index contributed by atoms with van der Waals surface area (Å²) in [6.07, 6.45) is 1.47. The van der Waals surface area contributed by atoms with Gasteiger partial charge in [0, 0.05) is 32.6 Å². The largest absolute Gasteiger partial charge is 0.459 e. The Balaban J connectivity index is 1.87. The number of nitrogens with one attached hydrogen (secondary N) is 2. The van der Waals surface area contributed by atoms with Gasteiger partial charge in [-0.05, 0) is 26.0 Å². The number of ether oxygens (including phenoxy) is 1. The molecule has 0 aromatic carbocycles. The molecule has 0 aliphatic heterocycles. The molecule has 0 spiro atoms. The normalized spacial score (nSPS) is 12.7. The Labute approximate surface area is 163 Å². The molecule has 27 heavy (non-hydrogen) atoms. The number of amides is 1. The predicted octanol–water partition coefficient (Wildman–Crippen LogP) is 2.27. The molecule has 2 N–H and O–H groups in total. The predicted molar refractivity (Wildman–Crippen MR) is 106 cm³/mol. The third-order valence-electron chi connectivity index (χ3n) is 3.77. The van der Waals surface area contributed by atoms with Gasteiger partial charge >= 0.3 is 0 Å². The summed E-state index contributed by atoms with van der Waals surface area (Å²) in [6.45, 7) is 6.28. The van der Waals surface area contributed by atoms with E-state index in [1.807, 2.05) is 31.2 Å². The highest BCUT2D eigenvalue weighted by Gasteiger charge is 2.13. The Morgan fingerprint density at radius 1 is 1.48 bits per heavy atom. The van der Waals surface area contributed by atoms with E-state index in [2.05, 4.69) is 20.6 Å². The summed E-state index contributed by atoms with van der Waals surface area (Å²) in [5.41, 5.74) is 0.970. The molecule has 8 nitrogen and oxygen atoms in total. The molecule has 0 aliphatic rings. The quantitative estimate of drug-likeness (QED) is 0.386. The molecule has 1 unspecified atom stereocenters. The number of guanidine groups is 1. The van der Waals surface area contributed by atoms with Crippen molar-refractivity contribution in [1.29, 1.82) is 0 Å². The molecule has 0 saturated carbocycles. The van der Waals surface area contributed by atoms with Gasteiger partial charge in [-0.3, -0.25) is 9.79 Å². The van der Waals surface area contributed by atoms with E-state index in [1.165, 1.54) is 6.26 Å². The Kier molecular flexibility index (Phi) is 8.28. The van der Waals surface area contributed by atoms with Crippen molar-refractivity contribution in [3.63, 3.8) is 0 Å². The van der Waals surface area contributed by atoms with Gasteiger partial charge in [0.1, 0.15) is 11.1 Å². The third kappa shape index (κ3) is 6.37. The van der Waals surface area contributed by atoms with Crippen molar-refractivity contribution in [3.05, 3.63) is 40.2 Å². The van der Waals surface area contributed by atoms with Gasteiger partial charge < -0.3 is 24.7 Å². The van der Waals surface area contributed by atoms with Crippen molar-refractivity contribution >= 4 is 23.2 Å².